The van der Waals surface area contributed by atoms with E-state index in [1.165, 1.54) is 6.42 Å². The molecule has 0 saturated carbocycles. The lowest BCUT2D eigenvalue weighted by Gasteiger charge is -2.36. The van der Waals surface area contributed by atoms with Gasteiger partial charge in [-0.1, -0.05) is 25.5 Å². The topological polar surface area (TPSA) is 32.3 Å². The summed E-state index contributed by atoms with van der Waals surface area (Å²) in [4.78, 5) is 15.1. The number of anilines is 1. The number of likely N-dealkylation sites (tertiary alicyclic amines) is 1. The van der Waals surface area contributed by atoms with Crippen molar-refractivity contribution in [3.05, 3.63) is 29.8 Å². The van der Waals surface area contributed by atoms with Crippen molar-refractivity contribution < 1.29 is 4.79 Å². The van der Waals surface area contributed by atoms with E-state index < -0.39 is 0 Å². The number of rotatable bonds is 5. The minimum Gasteiger partial charge on any atom is -0.382 e. The molecular formula is C18H28N2O. The average Bonchev–Trinajstić information content (AvgIpc) is 2.47. The molecule has 1 saturated heterocycles. The number of carbonyl (C=O) groups excluding carboxylic acids is 1. The van der Waals surface area contributed by atoms with Crippen LogP contribution in [0.2, 0.25) is 0 Å². The number of amides is 1. The molecule has 1 atom stereocenters. The Balaban J connectivity index is 2.21. The average molecular weight is 288 g/mol. The molecule has 1 aliphatic rings. The second-order valence-electron chi connectivity index (χ2n) is 6.28. The van der Waals surface area contributed by atoms with Crippen LogP contribution >= 0.6 is 0 Å². The van der Waals surface area contributed by atoms with Gasteiger partial charge in [-0.15, -0.1) is 0 Å². The van der Waals surface area contributed by atoms with E-state index in [9.17, 15) is 4.79 Å². The molecule has 116 valence electrons. The first-order valence-electron chi connectivity index (χ1n) is 8.30. The molecule has 0 bridgehead atoms. The van der Waals surface area contributed by atoms with Crippen molar-refractivity contribution in [2.24, 2.45) is 0 Å². The number of carbonyl (C=O) groups is 1. The summed E-state index contributed by atoms with van der Waals surface area (Å²) in [6, 6.07) is 8.64. The Hall–Kier alpha value is -1.51. The van der Waals surface area contributed by atoms with Gasteiger partial charge in [0.25, 0.3) is 5.91 Å². The van der Waals surface area contributed by atoms with Crippen LogP contribution in [0.15, 0.2) is 24.3 Å². The Bertz CT molecular complexity index is 468. The van der Waals surface area contributed by atoms with Crippen molar-refractivity contribution in [1.82, 2.24) is 4.90 Å². The summed E-state index contributed by atoms with van der Waals surface area (Å²) in [5, 5.41) is 3.39. The zero-order valence-electron chi connectivity index (χ0n) is 13.6. The summed E-state index contributed by atoms with van der Waals surface area (Å²) in [5.41, 5.74) is 1.77. The molecule has 1 heterocycles. The molecule has 3 heteroatoms. The molecule has 21 heavy (non-hydrogen) atoms. The van der Waals surface area contributed by atoms with Gasteiger partial charge >= 0.3 is 0 Å². The smallest absolute Gasteiger partial charge is 0.256 e. The Morgan fingerprint density at radius 2 is 2.10 bits per heavy atom. The molecule has 1 unspecified atom stereocenters. The first kappa shape index (κ1) is 15.9. The van der Waals surface area contributed by atoms with E-state index in [0.717, 1.165) is 43.5 Å². The van der Waals surface area contributed by atoms with Gasteiger partial charge in [0.15, 0.2) is 0 Å². The summed E-state index contributed by atoms with van der Waals surface area (Å²) in [6.07, 6.45) is 5.79. The van der Waals surface area contributed by atoms with Gasteiger partial charge < -0.3 is 10.2 Å². The van der Waals surface area contributed by atoms with Crippen LogP contribution < -0.4 is 5.32 Å². The van der Waals surface area contributed by atoms with Crippen molar-refractivity contribution in [2.45, 2.75) is 65.0 Å². The maximum absolute atomic E-state index is 13.0. The zero-order chi connectivity index (χ0) is 15.2. The second kappa shape index (κ2) is 7.48. The standard InChI is InChI=1S/C18H28N2O/c1-4-9-15-10-7-8-13-20(15)18(21)16-11-5-6-12-17(16)19-14(2)3/h5-6,11-12,14-15,19H,4,7-10,13H2,1-3H3. The maximum Gasteiger partial charge on any atom is 0.256 e. The van der Waals surface area contributed by atoms with Crippen LogP contribution in [0.3, 0.4) is 0 Å². The summed E-state index contributed by atoms with van der Waals surface area (Å²) in [6.45, 7) is 7.30. The van der Waals surface area contributed by atoms with Crippen LogP contribution in [0.25, 0.3) is 0 Å². The molecular weight excluding hydrogens is 260 g/mol. The predicted octanol–water partition coefficient (Wildman–Crippen LogP) is 4.30. The van der Waals surface area contributed by atoms with Gasteiger partial charge in [0, 0.05) is 24.3 Å². The number of para-hydroxylation sites is 1. The lowest BCUT2D eigenvalue weighted by atomic mass is 9.97. The quantitative estimate of drug-likeness (QED) is 0.876. The van der Waals surface area contributed by atoms with Crippen molar-refractivity contribution >= 4 is 11.6 Å². The normalized spacial score (nSPS) is 18.9. The van der Waals surface area contributed by atoms with Crippen LogP contribution in [0.1, 0.15) is 63.2 Å². The van der Waals surface area contributed by atoms with E-state index in [4.69, 9.17) is 0 Å². The first-order chi connectivity index (χ1) is 10.1. The minimum absolute atomic E-state index is 0.192. The minimum atomic E-state index is 0.192. The number of hydrogen-bond donors (Lipinski definition) is 1. The van der Waals surface area contributed by atoms with Crippen molar-refractivity contribution in [2.75, 3.05) is 11.9 Å². The van der Waals surface area contributed by atoms with E-state index in [1.54, 1.807) is 0 Å². The second-order valence-corrected chi connectivity index (χ2v) is 6.28. The third kappa shape index (κ3) is 3.99. The molecule has 1 N–H and O–H groups in total. The molecule has 1 amide bonds. The fraction of sp³-hybridized carbons (Fsp3) is 0.611. The van der Waals surface area contributed by atoms with Gasteiger partial charge in [-0.2, -0.15) is 0 Å². The summed E-state index contributed by atoms with van der Waals surface area (Å²) in [5.74, 6) is 0.192. The van der Waals surface area contributed by atoms with Crippen LogP contribution in [0.5, 0.6) is 0 Å². The molecule has 0 aliphatic carbocycles. The molecule has 2 rings (SSSR count). The summed E-state index contributed by atoms with van der Waals surface area (Å²) in [7, 11) is 0. The summed E-state index contributed by atoms with van der Waals surface area (Å²) < 4.78 is 0. The highest BCUT2D eigenvalue weighted by atomic mass is 16.2. The maximum atomic E-state index is 13.0. The Labute approximate surface area is 128 Å². The van der Waals surface area contributed by atoms with Gasteiger partial charge in [-0.3, -0.25) is 4.79 Å². The van der Waals surface area contributed by atoms with Crippen LogP contribution in [-0.4, -0.2) is 29.4 Å². The number of benzene rings is 1. The van der Waals surface area contributed by atoms with E-state index in [1.807, 2.05) is 24.3 Å². The third-order valence-electron chi connectivity index (χ3n) is 4.11. The van der Waals surface area contributed by atoms with E-state index in [2.05, 4.69) is 31.0 Å². The van der Waals surface area contributed by atoms with E-state index in [-0.39, 0.29) is 5.91 Å². The lowest BCUT2D eigenvalue weighted by molar-refractivity contribution is 0.0601. The van der Waals surface area contributed by atoms with Crippen LogP contribution in [0, 0.1) is 0 Å². The highest BCUT2D eigenvalue weighted by molar-refractivity contribution is 5.99. The third-order valence-corrected chi connectivity index (χ3v) is 4.11. The largest absolute Gasteiger partial charge is 0.382 e. The molecule has 0 spiro atoms. The van der Waals surface area contributed by atoms with Crippen LogP contribution in [0.4, 0.5) is 5.69 Å². The first-order valence-corrected chi connectivity index (χ1v) is 8.30. The SMILES string of the molecule is CCCC1CCCCN1C(=O)c1ccccc1NC(C)C. The van der Waals surface area contributed by atoms with Gasteiger partial charge in [0.2, 0.25) is 0 Å². The molecule has 0 radical (unpaired) electrons. The summed E-state index contributed by atoms with van der Waals surface area (Å²) >= 11 is 0. The molecule has 1 fully saturated rings. The fourth-order valence-electron chi connectivity index (χ4n) is 3.16. The number of nitrogens with zero attached hydrogens (tertiary/aromatic N) is 1. The number of piperidine rings is 1. The Morgan fingerprint density at radius 3 is 2.81 bits per heavy atom. The van der Waals surface area contributed by atoms with Gasteiger partial charge in [0.1, 0.15) is 0 Å². The van der Waals surface area contributed by atoms with Gasteiger partial charge in [-0.05, 0) is 51.7 Å². The van der Waals surface area contributed by atoms with E-state index >= 15 is 0 Å². The lowest BCUT2D eigenvalue weighted by Crippen LogP contribution is -2.43. The molecule has 3 nitrogen and oxygen atoms in total. The molecule has 0 aromatic heterocycles. The Morgan fingerprint density at radius 1 is 1.33 bits per heavy atom. The monoisotopic (exact) mass is 288 g/mol. The Kier molecular flexibility index (Phi) is 5.66. The van der Waals surface area contributed by atoms with Crippen molar-refractivity contribution in [3.63, 3.8) is 0 Å². The molecule has 1 aliphatic heterocycles. The van der Waals surface area contributed by atoms with Gasteiger partial charge in [-0.25, -0.2) is 0 Å². The zero-order valence-corrected chi connectivity index (χ0v) is 13.6. The number of nitrogens with one attached hydrogen (secondary N) is 1. The fourth-order valence-corrected chi connectivity index (χ4v) is 3.16. The predicted molar refractivity (Wildman–Crippen MR) is 88.8 cm³/mol. The highest BCUT2D eigenvalue weighted by Gasteiger charge is 2.27. The van der Waals surface area contributed by atoms with Crippen molar-refractivity contribution in [3.8, 4) is 0 Å². The number of hydrogen-bond acceptors (Lipinski definition) is 2. The molecule has 1 aromatic carbocycles. The van der Waals surface area contributed by atoms with Gasteiger partial charge in [0.05, 0.1) is 5.56 Å². The van der Waals surface area contributed by atoms with Crippen LogP contribution in [-0.2, 0) is 0 Å². The highest BCUT2D eigenvalue weighted by Crippen LogP contribution is 2.25. The van der Waals surface area contributed by atoms with E-state index in [0.29, 0.717) is 12.1 Å². The molecule has 1 aromatic rings. The van der Waals surface area contributed by atoms with Crippen molar-refractivity contribution in [1.29, 1.82) is 0 Å².